The maximum atomic E-state index is 13.5. The number of hydrogen-bond donors (Lipinski definition) is 0. The topological polar surface area (TPSA) is 9.23 Å². The first-order valence-corrected chi connectivity index (χ1v) is 7.26. The van der Waals surface area contributed by atoms with E-state index in [0.29, 0.717) is 11.1 Å². The first-order valence-electron chi connectivity index (χ1n) is 5.55. The molecule has 0 heterocycles. The molecule has 0 aliphatic rings. The maximum Gasteiger partial charge on any atom is 0.141 e. The molecule has 6 heteroatoms. The minimum atomic E-state index is -0.676. The van der Waals surface area contributed by atoms with Crippen molar-refractivity contribution in [2.24, 2.45) is 0 Å². The molecule has 0 saturated carbocycles. The van der Waals surface area contributed by atoms with Crippen LogP contribution in [-0.4, -0.2) is 7.11 Å². The van der Waals surface area contributed by atoms with Crippen LogP contribution in [-0.2, 0) is 0 Å². The molecule has 106 valence electrons. The van der Waals surface area contributed by atoms with Crippen molar-refractivity contribution in [3.05, 3.63) is 63.4 Å². The highest BCUT2D eigenvalue weighted by molar-refractivity contribution is 9.10. The number of hydrogen-bond acceptors (Lipinski definition) is 1. The zero-order chi connectivity index (χ0) is 14.9. The van der Waals surface area contributed by atoms with E-state index in [1.807, 2.05) is 0 Å². The Morgan fingerprint density at radius 2 is 1.60 bits per heavy atom. The highest BCUT2D eigenvalue weighted by Crippen LogP contribution is 2.39. The summed E-state index contributed by atoms with van der Waals surface area (Å²) in [6.07, 6.45) is 0. The molecule has 2 rings (SSSR count). The van der Waals surface area contributed by atoms with E-state index in [1.165, 1.54) is 31.4 Å². The van der Waals surface area contributed by atoms with E-state index in [4.69, 9.17) is 4.74 Å². The van der Waals surface area contributed by atoms with Crippen molar-refractivity contribution in [3.8, 4) is 5.75 Å². The van der Waals surface area contributed by atoms with Crippen LogP contribution >= 0.6 is 31.9 Å². The summed E-state index contributed by atoms with van der Waals surface area (Å²) in [6, 6.07) is 5.93. The maximum absolute atomic E-state index is 13.5. The SMILES string of the molecule is COc1cc(F)c(Br)cc1C(Br)c1cc(F)cc(F)c1. The van der Waals surface area contributed by atoms with Crippen LogP contribution in [0.2, 0.25) is 0 Å². The molecular weight excluding hydrogens is 401 g/mol. The van der Waals surface area contributed by atoms with Crippen LogP contribution in [0.3, 0.4) is 0 Å². The zero-order valence-electron chi connectivity index (χ0n) is 10.3. The van der Waals surface area contributed by atoms with Gasteiger partial charge in [-0.25, -0.2) is 13.2 Å². The molecule has 20 heavy (non-hydrogen) atoms. The molecule has 0 aliphatic heterocycles. The van der Waals surface area contributed by atoms with E-state index in [-0.39, 0.29) is 10.2 Å². The lowest BCUT2D eigenvalue weighted by molar-refractivity contribution is 0.406. The lowest BCUT2D eigenvalue weighted by Crippen LogP contribution is -2.00. The van der Waals surface area contributed by atoms with Crippen molar-refractivity contribution in [2.45, 2.75) is 4.83 Å². The average molecular weight is 410 g/mol. The summed E-state index contributed by atoms with van der Waals surface area (Å²) in [7, 11) is 1.40. The lowest BCUT2D eigenvalue weighted by Gasteiger charge is -2.16. The van der Waals surface area contributed by atoms with Crippen molar-refractivity contribution in [3.63, 3.8) is 0 Å². The van der Waals surface area contributed by atoms with Crippen molar-refractivity contribution >= 4 is 31.9 Å². The smallest absolute Gasteiger partial charge is 0.141 e. The number of benzene rings is 2. The Balaban J connectivity index is 2.52. The summed E-state index contributed by atoms with van der Waals surface area (Å²) in [5.74, 6) is -1.54. The Labute approximate surface area is 131 Å². The molecule has 1 nitrogen and oxygen atoms in total. The standard InChI is InChI=1S/C14H9Br2F3O/c1-20-13-6-12(19)11(15)5-10(13)14(16)7-2-8(17)4-9(18)3-7/h2-6,14H,1H3. The van der Waals surface area contributed by atoms with Crippen LogP contribution < -0.4 is 4.74 Å². The Kier molecular flexibility index (Phi) is 4.75. The lowest BCUT2D eigenvalue weighted by atomic mass is 10.0. The van der Waals surface area contributed by atoms with Crippen molar-refractivity contribution in [2.75, 3.05) is 7.11 Å². The molecule has 0 spiro atoms. The fourth-order valence-corrected chi connectivity index (χ4v) is 2.80. The first-order chi connectivity index (χ1) is 9.42. The molecule has 0 bridgehead atoms. The van der Waals surface area contributed by atoms with Gasteiger partial charge in [-0.05, 0) is 39.7 Å². The van der Waals surface area contributed by atoms with Crippen molar-refractivity contribution in [1.82, 2.24) is 0 Å². The van der Waals surface area contributed by atoms with Gasteiger partial charge in [0.1, 0.15) is 23.2 Å². The monoisotopic (exact) mass is 408 g/mol. The highest BCUT2D eigenvalue weighted by atomic mass is 79.9. The number of ether oxygens (including phenoxy) is 1. The summed E-state index contributed by atoms with van der Waals surface area (Å²) in [4.78, 5) is -0.528. The van der Waals surface area contributed by atoms with Gasteiger partial charge in [-0.1, -0.05) is 15.9 Å². The van der Waals surface area contributed by atoms with E-state index in [2.05, 4.69) is 31.9 Å². The van der Waals surface area contributed by atoms with Gasteiger partial charge in [-0.15, -0.1) is 0 Å². The van der Waals surface area contributed by atoms with Crippen LogP contribution in [0.5, 0.6) is 5.75 Å². The third-order valence-corrected chi connectivity index (χ3v) is 4.35. The molecule has 0 amide bonds. The molecular formula is C14H9Br2F3O. The summed E-state index contributed by atoms with van der Waals surface area (Å²) in [6.45, 7) is 0. The molecule has 0 aliphatic carbocycles. The molecule has 0 N–H and O–H groups in total. The van der Waals surface area contributed by atoms with Crippen molar-refractivity contribution in [1.29, 1.82) is 0 Å². The molecule has 0 fully saturated rings. The van der Waals surface area contributed by atoms with Gasteiger partial charge >= 0.3 is 0 Å². The summed E-state index contributed by atoms with van der Waals surface area (Å²) in [5.41, 5.74) is 0.935. The van der Waals surface area contributed by atoms with E-state index >= 15 is 0 Å². The quantitative estimate of drug-likeness (QED) is 0.620. The molecule has 0 aromatic heterocycles. The van der Waals surface area contributed by atoms with Gasteiger partial charge in [0.15, 0.2) is 0 Å². The van der Waals surface area contributed by atoms with Gasteiger partial charge in [0, 0.05) is 17.7 Å². The van der Waals surface area contributed by atoms with Gasteiger partial charge in [0.05, 0.1) is 16.4 Å². The number of alkyl halides is 1. The molecule has 0 saturated heterocycles. The minimum Gasteiger partial charge on any atom is -0.496 e. The van der Waals surface area contributed by atoms with E-state index in [0.717, 1.165) is 6.07 Å². The molecule has 2 aromatic carbocycles. The Morgan fingerprint density at radius 3 is 2.15 bits per heavy atom. The highest BCUT2D eigenvalue weighted by Gasteiger charge is 2.19. The molecule has 0 radical (unpaired) electrons. The number of rotatable bonds is 3. The summed E-state index contributed by atoms with van der Waals surface area (Å²) >= 11 is 6.44. The van der Waals surface area contributed by atoms with Crippen LogP contribution in [0.1, 0.15) is 16.0 Å². The Bertz CT molecular complexity index is 626. The van der Waals surface area contributed by atoms with Gasteiger partial charge < -0.3 is 4.74 Å². The molecule has 2 aromatic rings. The second-order valence-corrected chi connectivity index (χ2v) is 5.84. The third kappa shape index (κ3) is 3.17. The first kappa shape index (κ1) is 15.4. The second-order valence-electron chi connectivity index (χ2n) is 4.07. The fourth-order valence-electron chi connectivity index (χ4n) is 1.82. The third-order valence-electron chi connectivity index (χ3n) is 2.72. The minimum absolute atomic E-state index is 0.245. The Morgan fingerprint density at radius 1 is 1.00 bits per heavy atom. The van der Waals surface area contributed by atoms with Gasteiger partial charge in [-0.2, -0.15) is 0 Å². The van der Waals surface area contributed by atoms with Crippen LogP contribution in [0, 0.1) is 17.5 Å². The van der Waals surface area contributed by atoms with E-state index in [1.54, 1.807) is 0 Å². The van der Waals surface area contributed by atoms with Crippen LogP contribution in [0.25, 0.3) is 0 Å². The summed E-state index contributed by atoms with van der Waals surface area (Å²) in [5, 5.41) is 0. The average Bonchev–Trinajstić information content (AvgIpc) is 2.39. The van der Waals surface area contributed by atoms with E-state index < -0.39 is 22.3 Å². The molecule has 1 atom stereocenters. The van der Waals surface area contributed by atoms with Gasteiger partial charge in [-0.3, -0.25) is 0 Å². The number of methoxy groups -OCH3 is 1. The van der Waals surface area contributed by atoms with Crippen LogP contribution in [0.4, 0.5) is 13.2 Å². The predicted octanol–water partition coefficient (Wildman–Crippen LogP) is 5.36. The predicted molar refractivity (Wildman–Crippen MR) is 77.8 cm³/mol. The van der Waals surface area contributed by atoms with E-state index in [9.17, 15) is 13.2 Å². The Hall–Kier alpha value is -1.01. The van der Waals surface area contributed by atoms with Crippen molar-refractivity contribution < 1.29 is 17.9 Å². The second kappa shape index (κ2) is 6.18. The summed E-state index contributed by atoms with van der Waals surface area (Å²) < 4.78 is 45.4. The van der Waals surface area contributed by atoms with Gasteiger partial charge in [0.25, 0.3) is 0 Å². The van der Waals surface area contributed by atoms with Crippen LogP contribution in [0.15, 0.2) is 34.8 Å². The van der Waals surface area contributed by atoms with Gasteiger partial charge in [0.2, 0.25) is 0 Å². The largest absolute Gasteiger partial charge is 0.496 e. The fraction of sp³-hybridized carbons (Fsp3) is 0.143. The zero-order valence-corrected chi connectivity index (χ0v) is 13.4. The molecule has 1 unspecified atom stereocenters. The number of halogens is 5. The normalized spacial score (nSPS) is 12.3.